The van der Waals surface area contributed by atoms with Gasteiger partial charge < -0.3 is 14.4 Å². The highest BCUT2D eigenvalue weighted by Gasteiger charge is 2.23. The molecular weight excluding hydrogens is 448 g/mol. The number of hydrogen-bond donors (Lipinski definition) is 0. The van der Waals surface area contributed by atoms with Crippen molar-refractivity contribution in [2.75, 3.05) is 40.4 Å². The Bertz CT molecular complexity index is 1300. The zero-order chi connectivity index (χ0) is 23.5. The molecule has 2 aromatic carbocycles. The van der Waals surface area contributed by atoms with Crippen LogP contribution < -0.4 is 9.47 Å². The molecular formula is C26H26N4O3S. The second-order valence-corrected chi connectivity index (χ2v) is 9.05. The number of methoxy groups -OCH3 is 2. The molecule has 0 saturated carbocycles. The number of amides is 1. The Balaban J connectivity index is 1.18. The zero-order valence-corrected chi connectivity index (χ0v) is 20.0. The van der Waals surface area contributed by atoms with Gasteiger partial charge in [0.05, 0.1) is 25.4 Å². The van der Waals surface area contributed by atoms with Crippen LogP contribution in [0.1, 0.15) is 16.2 Å². The molecule has 2 aromatic heterocycles. The van der Waals surface area contributed by atoms with Crippen molar-refractivity contribution in [2.24, 2.45) is 0 Å². The van der Waals surface area contributed by atoms with Crippen LogP contribution in [0.5, 0.6) is 11.5 Å². The van der Waals surface area contributed by atoms with E-state index in [2.05, 4.69) is 15.3 Å². The molecule has 0 aliphatic carbocycles. The number of ether oxygens (including phenoxy) is 2. The fourth-order valence-electron chi connectivity index (χ4n) is 4.10. The lowest BCUT2D eigenvalue weighted by molar-refractivity contribution is 0.0622. The average molecular weight is 475 g/mol. The summed E-state index contributed by atoms with van der Waals surface area (Å²) in [5.74, 6) is 1.60. The van der Waals surface area contributed by atoms with E-state index in [1.807, 2.05) is 53.4 Å². The number of thiazole rings is 1. The van der Waals surface area contributed by atoms with Gasteiger partial charge in [0.1, 0.15) is 22.2 Å². The van der Waals surface area contributed by atoms with E-state index < -0.39 is 0 Å². The van der Waals surface area contributed by atoms with Gasteiger partial charge in [0.15, 0.2) is 0 Å². The Labute approximate surface area is 202 Å². The van der Waals surface area contributed by atoms with E-state index in [0.29, 0.717) is 18.8 Å². The van der Waals surface area contributed by atoms with Crippen LogP contribution >= 0.6 is 11.3 Å². The summed E-state index contributed by atoms with van der Waals surface area (Å²) in [7, 11) is 3.31. The molecule has 0 unspecified atom stereocenters. The SMILES string of the molecule is COc1ccc(-c2nc(CN3CCN(C(=O)c4ccc5cc(OC)ccc5n4)CC3)cs2)cc1. The van der Waals surface area contributed by atoms with E-state index in [-0.39, 0.29) is 5.91 Å². The third kappa shape index (κ3) is 4.73. The van der Waals surface area contributed by atoms with Gasteiger partial charge in [-0.25, -0.2) is 9.97 Å². The van der Waals surface area contributed by atoms with Crippen molar-refractivity contribution < 1.29 is 14.3 Å². The van der Waals surface area contributed by atoms with Crippen molar-refractivity contribution in [1.82, 2.24) is 19.8 Å². The first-order valence-electron chi connectivity index (χ1n) is 11.2. The molecule has 0 bridgehead atoms. The van der Waals surface area contributed by atoms with Crippen LogP contribution in [-0.2, 0) is 6.54 Å². The molecule has 34 heavy (non-hydrogen) atoms. The van der Waals surface area contributed by atoms with Crippen LogP contribution in [-0.4, -0.2) is 66.1 Å². The average Bonchev–Trinajstić information content (AvgIpc) is 3.36. The van der Waals surface area contributed by atoms with Gasteiger partial charge >= 0.3 is 0 Å². The van der Waals surface area contributed by atoms with Gasteiger partial charge in [0.2, 0.25) is 0 Å². The summed E-state index contributed by atoms with van der Waals surface area (Å²) in [5, 5.41) is 4.08. The standard InChI is InChI=1S/C26H26N4O3S/c1-32-21-6-3-18(4-7-21)25-27-20(17-34-25)16-29-11-13-30(14-12-29)26(31)24-9-5-19-15-22(33-2)8-10-23(19)28-24/h3-10,15,17H,11-14,16H2,1-2H3. The largest absolute Gasteiger partial charge is 0.497 e. The second kappa shape index (κ2) is 9.79. The molecule has 1 aliphatic heterocycles. The molecule has 0 spiro atoms. The molecule has 3 heterocycles. The Hall–Kier alpha value is -3.49. The van der Waals surface area contributed by atoms with Gasteiger partial charge in [-0.3, -0.25) is 9.69 Å². The summed E-state index contributed by atoms with van der Waals surface area (Å²) in [5.41, 5.74) is 3.42. The van der Waals surface area contributed by atoms with Gasteiger partial charge in [-0.05, 0) is 48.5 Å². The lowest BCUT2D eigenvalue weighted by atomic mass is 10.1. The summed E-state index contributed by atoms with van der Waals surface area (Å²) in [6.45, 7) is 3.76. The molecule has 0 radical (unpaired) electrons. The first-order chi connectivity index (χ1) is 16.6. The summed E-state index contributed by atoms with van der Waals surface area (Å²) in [6.07, 6.45) is 0. The highest BCUT2D eigenvalue weighted by atomic mass is 32.1. The summed E-state index contributed by atoms with van der Waals surface area (Å²) >= 11 is 1.65. The molecule has 0 N–H and O–H groups in total. The summed E-state index contributed by atoms with van der Waals surface area (Å²) < 4.78 is 10.5. The third-order valence-corrected chi connectivity index (χ3v) is 6.99. The van der Waals surface area contributed by atoms with Crippen LogP contribution in [0.2, 0.25) is 0 Å². The normalized spacial score (nSPS) is 14.4. The molecule has 8 heteroatoms. The maximum absolute atomic E-state index is 13.0. The number of hydrogen-bond acceptors (Lipinski definition) is 7. The quantitative estimate of drug-likeness (QED) is 0.414. The van der Waals surface area contributed by atoms with Crippen LogP contribution in [0.4, 0.5) is 0 Å². The first kappa shape index (κ1) is 22.3. The summed E-state index contributed by atoms with van der Waals surface area (Å²) in [4.78, 5) is 26.7. The van der Waals surface area contributed by atoms with E-state index in [9.17, 15) is 4.79 Å². The number of pyridine rings is 1. The minimum Gasteiger partial charge on any atom is -0.497 e. The number of fused-ring (bicyclic) bond motifs is 1. The van der Waals surface area contributed by atoms with Gasteiger partial charge in [-0.2, -0.15) is 0 Å². The van der Waals surface area contributed by atoms with Crippen molar-refractivity contribution in [3.63, 3.8) is 0 Å². The number of carbonyl (C=O) groups is 1. The number of aromatic nitrogens is 2. The molecule has 1 amide bonds. The Morgan fingerprint density at radius 3 is 2.38 bits per heavy atom. The van der Waals surface area contributed by atoms with E-state index in [1.54, 1.807) is 31.6 Å². The van der Waals surface area contributed by atoms with E-state index in [1.165, 1.54) is 0 Å². The van der Waals surface area contributed by atoms with Crippen molar-refractivity contribution in [1.29, 1.82) is 0 Å². The lowest BCUT2D eigenvalue weighted by Crippen LogP contribution is -2.48. The van der Waals surface area contributed by atoms with Crippen LogP contribution in [0.25, 0.3) is 21.5 Å². The molecule has 7 nitrogen and oxygen atoms in total. The van der Waals surface area contributed by atoms with Gasteiger partial charge in [0.25, 0.3) is 5.91 Å². The van der Waals surface area contributed by atoms with Crippen LogP contribution in [0, 0.1) is 0 Å². The molecule has 5 rings (SSSR count). The number of benzene rings is 2. The fourth-order valence-corrected chi connectivity index (χ4v) is 4.91. The van der Waals surface area contributed by atoms with Crippen molar-refractivity contribution >= 4 is 28.1 Å². The van der Waals surface area contributed by atoms with E-state index in [0.717, 1.165) is 58.3 Å². The smallest absolute Gasteiger partial charge is 0.272 e. The predicted octanol–water partition coefficient (Wildman–Crippen LogP) is 4.33. The Morgan fingerprint density at radius 1 is 0.912 bits per heavy atom. The highest BCUT2D eigenvalue weighted by molar-refractivity contribution is 7.13. The van der Waals surface area contributed by atoms with Crippen LogP contribution in [0.3, 0.4) is 0 Å². The number of carbonyl (C=O) groups excluding carboxylic acids is 1. The lowest BCUT2D eigenvalue weighted by Gasteiger charge is -2.34. The Kier molecular flexibility index (Phi) is 6.42. The molecule has 1 aliphatic rings. The topological polar surface area (TPSA) is 67.8 Å². The molecule has 0 atom stereocenters. The second-order valence-electron chi connectivity index (χ2n) is 8.20. The maximum atomic E-state index is 13.0. The first-order valence-corrected chi connectivity index (χ1v) is 12.1. The minimum absolute atomic E-state index is 0.0205. The maximum Gasteiger partial charge on any atom is 0.272 e. The summed E-state index contributed by atoms with van der Waals surface area (Å²) in [6, 6.07) is 17.4. The Morgan fingerprint density at radius 2 is 1.65 bits per heavy atom. The van der Waals surface area contributed by atoms with E-state index >= 15 is 0 Å². The van der Waals surface area contributed by atoms with Crippen molar-refractivity contribution in [3.8, 4) is 22.1 Å². The van der Waals surface area contributed by atoms with E-state index in [4.69, 9.17) is 14.5 Å². The zero-order valence-electron chi connectivity index (χ0n) is 19.2. The van der Waals surface area contributed by atoms with Gasteiger partial charge in [-0.15, -0.1) is 11.3 Å². The fraction of sp³-hybridized carbons (Fsp3) is 0.269. The molecule has 1 saturated heterocycles. The van der Waals surface area contributed by atoms with Gasteiger partial charge in [-0.1, -0.05) is 6.07 Å². The highest BCUT2D eigenvalue weighted by Crippen LogP contribution is 2.26. The number of nitrogens with zero attached hydrogens (tertiary/aromatic N) is 4. The predicted molar refractivity (Wildman–Crippen MR) is 134 cm³/mol. The number of rotatable bonds is 6. The van der Waals surface area contributed by atoms with Crippen LogP contribution in [0.15, 0.2) is 60.0 Å². The number of piperazine rings is 1. The molecule has 4 aromatic rings. The molecule has 174 valence electrons. The molecule has 1 fully saturated rings. The van der Waals surface area contributed by atoms with Crippen molar-refractivity contribution in [2.45, 2.75) is 6.54 Å². The third-order valence-electron chi connectivity index (χ3n) is 6.05. The minimum atomic E-state index is -0.0205. The van der Waals surface area contributed by atoms with Gasteiger partial charge in [0, 0.05) is 49.1 Å². The van der Waals surface area contributed by atoms with Crippen molar-refractivity contribution in [3.05, 3.63) is 71.4 Å². The monoisotopic (exact) mass is 474 g/mol.